The van der Waals surface area contributed by atoms with Gasteiger partial charge in [-0.05, 0) is 44.4 Å². The number of unbranched alkanes of at least 4 members (excludes halogenated alkanes) is 3. The number of ether oxygens (including phenoxy) is 2. The molecule has 0 unspecified atom stereocenters. The molecule has 0 aromatic rings. The summed E-state index contributed by atoms with van der Waals surface area (Å²) in [6.07, 6.45) is 13.0. The van der Waals surface area contributed by atoms with E-state index in [-0.39, 0.29) is 48.9 Å². The minimum Gasteiger partial charge on any atom is -0.458 e. The minimum absolute atomic E-state index is 0.0212. The molecule has 0 radical (unpaired) electrons. The number of rotatable bonds is 16. The van der Waals surface area contributed by atoms with Crippen molar-refractivity contribution < 1.29 is 28.7 Å². The molecule has 8 nitrogen and oxygen atoms in total. The van der Waals surface area contributed by atoms with Crippen LogP contribution >= 0.6 is 0 Å². The standard InChI is InChI=1S/C25H40N2O6/c1-3-4-7-12-24(30)27-16-25(31)26-15-21-20(22-13-14-23(21)33-22)11-9-6-5-8-10-19(29)17-32-18(2)28/h6,9,20-23H,3-5,7-8,10-17H2,1-2H3,(H,26,31)(H,27,30)/t20-,21+,22-,23+/m1/s1. The Morgan fingerprint density at radius 2 is 1.70 bits per heavy atom. The van der Waals surface area contributed by atoms with Crippen molar-refractivity contribution in [3.63, 3.8) is 0 Å². The van der Waals surface area contributed by atoms with Gasteiger partial charge in [-0.1, -0.05) is 31.9 Å². The summed E-state index contributed by atoms with van der Waals surface area (Å²) >= 11 is 0. The number of hydrogen-bond donors (Lipinski definition) is 2. The van der Waals surface area contributed by atoms with Gasteiger partial charge >= 0.3 is 5.97 Å². The first kappa shape index (κ1) is 27.0. The van der Waals surface area contributed by atoms with E-state index in [0.29, 0.717) is 25.3 Å². The van der Waals surface area contributed by atoms with Crippen LogP contribution in [0.2, 0.25) is 0 Å². The zero-order chi connectivity index (χ0) is 24.1. The van der Waals surface area contributed by atoms with Crippen LogP contribution in [-0.4, -0.2) is 55.5 Å². The fourth-order valence-corrected chi connectivity index (χ4v) is 4.62. The lowest BCUT2D eigenvalue weighted by atomic mass is 9.77. The van der Waals surface area contributed by atoms with Crippen molar-refractivity contribution >= 4 is 23.6 Å². The van der Waals surface area contributed by atoms with Crippen LogP contribution in [0.4, 0.5) is 0 Å². The third-order valence-electron chi connectivity index (χ3n) is 6.42. The molecule has 2 amide bonds. The molecule has 2 aliphatic rings. The normalized spacial score (nSPS) is 23.6. The summed E-state index contributed by atoms with van der Waals surface area (Å²) in [4.78, 5) is 46.3. The average Bonchev–Trinajstić information content (AvgIpc) is 3.39. The number of esters is 1. The summed E-state index contributed by atoms with van der Waals surface area (Å²) in [5.41, 5.74) is 0. The molecule has 2 rings (SSSR count). The van der Waals surface area contributed by atoms with Gasteiger partial charge in [-0.2, -0.15) is 0 Å². The molecule has 2 N–H and O–H groups in total. The van der Waals surface area contributed by atoms with Gasteiger partial charge in [0.15, 0.2) is 5.78 Å². The van der Waals surface area contributed by atoms with Gasteiger partial charge in [-0.25, -0.2) is 0 Å². The van der Waals surface area contributed by atoms with Gasteiger partial charge in [-0.3, -0.25) is 19.2 Å². The second-order valence-electron chi connectivity index (χ2n) is 9.07. The van der Waals surface area contributed by atoms with Gasteiger partial charge in [0.25, 0.3) is 0 Å². The van der Waals surface area contributed by atoms with E-state index in [9.17, 15) is 19.2 Å². The summed E-state index contributed by atoms with van der Waals surface area (Å²) in [6.45, 7) is 3.83. The maximum atomic E-state index is 12.2. The zero-order valence-electron chi connectivity index (χ0n) is 20.1. The van der Waals surface area contributed by atoms with E-state index in [1.165, 1.54) is 6.92 Å². The highest BCUT2D eigenvalue weighted by Crippen LogP contribution is 2.44. The Morgan fingerprint density at radius 1 is 0.939 bits per heavy atom. The second kappa shape index (κ2) is 14.8. The van der Waals surface area contributed by atoms with E-state index < -0.39 is 5.97 Å². The van der Waals surface area contributed by atoms with E-state index in [1.807, 2.05) is 0 Å². The zero-order valence-corrected chi connectivity index (χ0v) is 20.1. The van der Waals surface area contributed by atoms with Gasteiger partial charge in [0.05, 0.1) is 18.8 Å². The Balaban J connectivity index is 1.65. The van der Waals surface area contributed by atoms with Crippen molar-refractivity contribution in [3.05, 3.63) is 12.2 Å². The quantitative estimate of drug-likeness (QED) is 0.206. The van der Waals surface area contributed by atoms with E-state index >= 15 is 0 Å². The Kier molecular flexibility index (Phi) is 12.1. The van der Waals surface area contributed by atoms with Gasteiger partial charge < -0.3 is 20.1 Å². The summed E-state index contributed by atoms with van der Waals surface area (Å²) in [5.74, 6) is -0.0768. The topological polar surface area (TPSA) is 111 Å². The smallest absolute Gasteiger partial charge is 0.303 e. The van der Waals surface area contributed by atoms with Crippen LogP contribution in [0.5, 0.6) is 0 Å². The van der Waals surface area contributed by atoms with E-state index in [4.69, 9.17) is 9.47 Å². The molecule has 4 atom stereocenters. The second-order valence-corrected chi connectivity index (χ2v) is 9.07. The summed E-state index contributed by atoms with van der Waals surface area (Å²) in [5, 5.41) is 5.67. The highest BCUT2D eigenvalue weighted by atomic mass is 16.5. The average molecular weight is 465 g/mol. The fourth-order valence-electron chi connectivity index (χ4n) is 4.62. The molecule has 2 saturated heterocycles. The van der Waals surface area contributed by atoms with Gasteiger partial charge in [0.2, 0.25) is 11.8 Å². The highest BCUT2D eigenvalue weighted by molar-refractivity contribution is 5.84. The lowest BCUT2D eigenvalue weighted by Gasteiger charge is -2.27. The number of amides is 2. The summed E-state index contributed by atoms with van der Waals surface area (Å²) in [7, 11) is 0. The predicted octanol–water partition coefficient (Wildman–Crippen LogP) is 2.84. The first-order valence-electron chi connectivity index (χ1n) is 12.4. The molecule has 2 heterocycles. The highest BCUT2D eigenvalue weighted by Gasteiger charge is 2.47. The first-order valence-corrected chi connectivity index (χ1v) is 12.4. The molecule has 0 aliphatic carbocycles. The number of fused-ring (bicyclic) bond motifs is 2. The Bertz CT molecular complexity index is 692. The Morgan fingerprint density at radius 3 is 2.42 bits per heavy atom. The lowest BCUT2D eigenvalue weighted by molar-refractivity contribution is -0.145. The van der Waals surface area contributed by atoms with Gasteiger partial charge in [0.1, 0.15) is 6.61 Å². The molecule has 0 spiro atoms. The van der Waals surface area contributed by atoms with Crippen LogP contribution in [-0.2, 0) is 28.7 Å². The van der Waals surface area contributed by atoms with Crippen molar-refractivity contribution in [3.8, 4) is 0 Å². The van der Waals surface area contributed by atoms with E-state index in [1.54, 1.807) is 0 Å². The first-order chi connectivity index (χ1) is 15.9. The minimum atomic E-state index is -0.436. The number of hydrogen-bond acceptors (Lipinski definition) is 6. The molecule has 2 aliphatic heterocycles. The Labute approximate surface area is 197 Å². The monoisotopic (exact) mass is 464 g/mol. The number of Topliss-reactive ketones (excluding diaryl/α,β-unsaturated/α-hetero) is 1. The molecule has 0 saturated carbocycles. The van der Waals surface area contributed by atoms with Crippen molar-refractivity contribution in [1.82, 2.24) is 10.6 Å². The Hall–Kier alpha value is -2.22. The lowest BCUT2D eigenvalue weighted by Crippen LogP contribution is -2.42. The van der Waals surface area contributed by atoms with Gasteiger partial charge in [0, 0.05) is 32.2 Å². The van der Waals surface area contributed by atoms with Crippen molar-refractivity contribution in [2.45, 2.75) is 90.3 Å². The van der Waals surface area contributed by atoms with Crippen LogP contribution in [0.3, 0.4) is 0 Å². The SMILES string of the molecule is CCCCCC(=O)NCC(=O)NC[C@H]1[C@@H](CC=CCCCC(=O)COC(C)=O)[C@H]2CC[C@@H]1O2. The van der Waals surface area contributed by atoms with Gasteiger partial charge in [-0.15, -0.1) is 0 Å². The van der Waals surface area contributed by atoms with E-state index in [0.717, 1.165) is 51.4 Å². The molecule has 8 heteroatoms. The van der Waals surface area contributed by atoms with Crippen LogP contribution < -0.4 is 10.6 Å². The molecule has 0 aromatic heterocycles. The maximum absolute atomic E-state index is 12.2. The number of ketones is 1. The third-order valence-corrected chi connectivity index (χ3v) is 6.42. The number of allylic oxidation sites excluding steroid dienone is 2. The van der Waals surface area contributed by atoms with Crippen molar-refractivity contribution in [1.29, 1.82) is 0 Å². The predicted molar refractivity (Wildman–Crippen MR) is 124 cm³/mol. The number of carbonyl (C=O) groups is 4. The molecule has 0 aromatic carbocycles. The van der Waals surface area contributed by atoms with Crippen LogP contribution in [0.15, 0.2) is 12.2 Å². The molecule has 2 bridgehead atoms. The van der Waals surface area contributed by atoms with E-state index in [2.05, 4.69) is 29.7 Å². The molecular weight excluding hydrogens is 424 g/mol. The maximum Gasteiger partial charge on any atom is 0.303 e. The van der Waals surface area contributed by atoms with Crippen LogP contribution in [0.1, 0.15) is 78.1 Å². The summed E-state index contributed by atoms with van der Waals surface area (Å²) in [6, 6.07) is 0. The molecule has 2 fully saturated rings. The largest absolute Gasteiger partial charge is 0.458 e. The number of nitrogens with one attached hydrogen (secondary N) is 2. The van der Waals surface area contributed by atoms with Crippen LogP contribution in [0.25, 0.3) is 0 Å². The molecule has 33 heavy (non-hydrogen) atoms. The van der Waals surface area contributed by atoms with Crippen molar-refractivity contribution in [2.75, 3.05) is 19.7 Å². The van der Waals surface area contributed by atoms with Crippen LogP contribution in [0, 0.1) is 11.8 Å². The molecule has 186 valence electrons. The fraction of sp³-hybridized carbons (Fsp3) is 0.760. The summed E-state index contributed by atoms with van der Waals surface area (Å²) < 4.78 is 10.8. The third kappa shape index (κ3) is 10.1. The molecular formula is C25H40N2O6. The van der Waals surface area contributed by atoms with Crippen molar-refractivity contribution in [2.24, 2.45) is 11.8 Å². The number of carbonyl (C=O) groups excluding carboxylic acids is 4.